The third-order valence-electron chi connectivity index (χ3n) is 4.72. The Hall–Kier alpha value is -1.60. The maximum atomic E-state index is 12.8. The van der Waals surface area contributed by atoms with Gasteiger partial charge in [0.05, 0.1) is 4.90 Å². The molecule has 0 radical (unpaired) electrons. The van der Waals surface area contributed by atoms with Crippen LogP contribution in [-0.4, -0.2) is 57.3 Å². The first-order chi connectivity index (χ1) is 12.5. The van der Waals surface area contributed by atoms with E-state index in [9.17, 15) is 8.42 Å². The molecular weight excluding hydrogens is 348 g/mol. The second-order valence-electron chi connectivity index (χ2n) is 6.79. The average Bonchev–Trinajstić information content (AvgIpc) is 2.67. The quantitative estimate of drug-likeness (QED) is 0.583. The van der Waals surface area contributed by atoms with E-state index in [0.29, 0.717) is 24.5 Å². The predicted molar refractivity (Wildman–Crippen MR) is 107 cm³/mol. The zero-order chi connectivity index (χ0) is 19.0. The van der Waals surface area contributed by atoms with Crippen molar-refractivity contribution < 1.29 is 8.42 Å². The van der Waals surface area contributed by atoms with Crippen molar-refractivity contribution in [3.8, 4) is 0 Å². The lowest BCUT2D eigenvalue weighted by molar-refractivity contribution is 0.346. The fourth-order valence-electron chi connectivity index (χ4n) is 3.14. The van der Waals surface area contributed by atoms with E-state index in [4.69, 9.17) is 0 Å². The number of guanidine groups is 1. The molecule has 0 spiro atoms. The first kappa shape index (κ1) is 20.7. The molecule has 0 unspecified atom stereocenters. The van der Waals surface area contributed by atoms with Gasteiger partial charge >= 0.3 is 0 Å². The molecule has 146 valence electrons. The number of hydrogen-bond donors (Lipinski definition) is 1. The Bertz CT molecular complexity index is 697. The van der Waals surface area contributed by atoms with Crippen LogP contribution in [0, 0.1) is 0 Å². The Balaban J connectivity index is 2.04. The summed E-state index contributed by atoms with van der Waals surface area (Å²) in [6.45, 7) is 4.91. The fraction of sp³-hybridized carbons (Fsp3) is 0.632. The SMILES string of the molecule is CCCCN(C)C(=NC)NCc1cccc(S(=O)(=O)N2CCCCC2)c1. The van der Waals surface area contributed by atoms with E-state index in [2.05, 4.69) is 22.1 Å². The molecule has 0 atom stereocenters. The molecule has 1 heterocycles. The van der Waals surface area contributed by atoms with Crippen LogP contribution in [0.1, 0.15) is 44.6 Å². The summed E-state index contributed by atoms with van der Waals surface area (Å²) in [5, 5.41) is 3.32. The standard InChI is InChI=1S/C19H32N4O2S/c1-4-5-12-22(3)19(20-2)21-16-17-10-9-11-18(15-17)26(24,25)23-13-7-6-8-14-23/h9-11,15H,4-8,12-14,16H2,1-3H3,(H,20,21). The summed E-state index contributed by atoms with van der Waals surface area (Å²) >= 11 is 0. The molecule has 0 aromatic heterocycles. The number of aliphatic imine (C=N–C) groups is 1. The van der Waals surface area contributed by atoms with E-state index in [1.165, 1.54) is 0 Å². The molecule has 1 N–H and O–H groups in total. The monoisotopic (exact) mass is 380 g/mol. The first-order valence-electron chi connectivity index (χ1n) is 9.50. The van der Waals surface area contributed by atoms with Crippen molar-refractivity contribution in [3.05, 3.63) is 29.8 Å². The van der Waals surface area contributed by atoms with Gasteiger partial charge in [-0.25, -0.2) is 8.42 Å². The van der Waals surface area contributed by atoms with Gasteiger partial charge in [0.25, 0.3) is 0 Å². The molecule has 0 amide bonds. The number of unbranched alkanes of at least 4 members (excludes halogenated alkanes) is 1. The molecule has 1 aliphatic heterocycles. The van der Waals surface area contributed by atoms with Crippen molar-refractivity contribution in [1.82, 2.24) is 14.5 Å². The van der Waals surface area contributed by atoms with Gasteiger partial charge in [-0.1, -0.05) is 31.9 Å². The van der Waals surface area contributed by atoms with Gasteiger partial charge < -0.3 is 10.2 Å². The molecule has 1 aromatic carbocycles. The third-order valence-corrected chi connectivity index (χ3v) is 6.62. The van der Waals surface area contributed by atoms with E-state index >= 15 is 0 Å². The Labute approximate surface area is 158 Å². The molecule has 0 bridgehead atoms. The largest absolute Gasteiger partial charge is 0.352 e. The lowest BCUT2D eigenvalue weighted by atomic mass is 10.2. The smallest absolute Gasteiger partial charge is 0.243 e. The predicted octanol–water partition coefficient (Wildman–Crippen LogP) is 2.67. The minimum absolute atomic E-state index is 0.382. The molecule has 1 aromatic rings. The molecule has 26 heavy (non-hydrogen) atoms. The maximum absolute atomic E-state index is 12.8. The van der Waals surface area contributed by atoms with Crippen LogP contribution in [0.25, 0.3) is 0 Å². The highest BCUT2D eigenvalue weighted by molar-refractivity contribution is 7.89. The zero-order valence-electron chi connectivity index (χ0n) is 16.2. The maximum Gasteiger partial charge on any atom is 0.243 e. The van der Waals surface area contributed by atoms with E-state index in [1.807, 2.05) is 19.2 Å². The van der Waals surface area contributed by atoms with Crippen LogP contribution in [0.3, 0.4) is 0 Å². The summed E-state index contributed by atoms with van der Waals surface area (Å²) in [5.41, 5.74) is 0.938. The molecule has 0 aliphatic carbocycles. The Morgan fingerprint density at radius 1 is 1.27 bits per heavy atom. The third kappa shape index (κ3) is 5.45. The number of rotatable bonds is 7. The van der Waals surface area contributed by atoms with Crippen LogP contribution in [0.5, 0.6) is 0 Å². The fourth-order valence-corrected chi connectivity index (χ4v) is 4.73. The number of benzene rings is 1. The van der Waals surface area contributed by atoms with Crippen molar-refractivity contribution >= 4 is 16.0 Å². The highest BCUT2D eigenvalue weighted by Crippen LogP contribution is 2.21. The number of nitrogens with zero attached hydrogens (tertiary/aromatic N) is 3. The van der Waals surface area contributed by atoms with Gasteiger partial charge in [-0.05, 0) is 37.0 Å². The van der Waals surface area contributed by atoms with Crippen LogP contribution < -0.4 is 5.32 Å². The van der Waals surface area contributed by atoms with Crippen molar-refractivity contribution in [2.75, 3.05) is 33.7 Å². The Morgan fingerprint density at radius 3 is 2.65 bits per heavy atom. The number of nitrogens with one attached hydrogen (secondary N) is 1. The van der Waals surface area contributed by atoms with Crippen molar-refractivity contribution in [2.45, 2.75) is 50.5 Å². The Kier molecular flexibility index (Phi) is 7.90. The lowest BCUT2D eigenvalue weighted by Gasteiger charge is -2.26. The molecule has 7 heteroatoms. The van der Waals surface area contributed by atoms with Crippen LogP contribution in [0.15, 0.2) is 34.2 Å². The molecule has 1 fully saturated rings. The summed E-state index contributed by atoms with van der Waals surface area (Å²) in [7, 11) is 0.390. The van der Waals surface area contributed by atoms with Crippen molar-refractivity contribution in [2.24, 2.45) is 4.99 Å². The second-order valence-corrected chi connectivity index (χ2v) is 8.73. The van der Waals surface area contributed by atoms with E-state index < -0.39 is 10.0 Å². The molecule has 2 rings (SSSR count). The van der Waals surface area contributed by atoms with E-state index in [0.717, 1.165) is 50.2 Å². The normalized spacial score (nSPS) is 16.5. The summed E-state index contributed by atoms with van der Waals surface area (Å²) in [4.78, 5) is 6.78. The van der Waals surface area contributed by atoms with E-state index in [1.54, 1.807) is 23.5 Å². The minimum atomic E-state index is -3.39. The van der Waals surface area contributed by atoms with Gasteiger partial charge in [-0.2, -0.15) is 4.31 Å². The number of sulfonamides is 1. The van der Waals surface area contributed by atoms with Crippen molar-refractivity contribution in [1.29, 1.82) is 0 Å². The van der Waals surface area contributed by atoms with Gasteiger partial charge in [0.2, 0.25) is 10.0 Å². The van der Waals surface area contributed by atoms with E-state index in [-0.39, 0.29) is 0 Å². The minimum Gasteiger partial charge on any atom is -0.352 e. The number of hydrogen-bond acceptors (Lipinski definition) is 3. The topological polar surface area (TPSA) is 65.0 Å². The van der Waals surface area contributed by atoms with Crippen LogP contribution in [-0.2, 0) is 16.6 Å². The Morgan fingerprint density at radius 2 is 2.00 bits per heavy atom. The molecule has 0 saturated carbocycles. The summed E-state index contributed by atoms with van der Waals surface area (Å²) in [6.07, 6.45) is 5.25. The summed E-state index contributed by atoms with van der Waals surface area (Å²) < 4.78 is 27.3. The van der Waals surface area contributed by atoms with Crippen LogP contribution in [0.2, 0.25) is 0 Å². The van der Waals surface area contributed by atoms with Crippen LogP contribution in [0.4, 0.5) is 0 Å². The van der Waals surface area contributed by atoms with Gasteiger partial charge in [-0.15, -0.1) is 0 Å². The summed E-state index contributed by atoms with van der Waals surface area (Å²) in [6, 6.07) is 7.23. The second kappa shape index (κ2) is 9.92. The summed E-state index contributed by atoms with van der Waals surface area (Å²) in [5.74, 6) is 0.822. The average molecular weight is 381 g/mol. The number of piperidine rings is 1. The van der Waals surface area contributed by atoms with Gasteiger partial charge in [0.1, 0.15) is 0 Å². The van der Waals surface area contributed by atoms with Gasteiger partial charge in [-0.3, -0.25) is 4.99 Å². The van der Waals surface area contributed by atoms with Gasteiger partial charge in [0, 0.05) is 40.3 Å². The molecular formula is C19H32N4O2S. The lowest BCUT2D eigenvalue weighted by Crippen LogP contribution is -2.39. The van der Waals surface area contributed by atoms with Gasteiger partial charge in [0.15, 0.2) is 5.96 Å². The molecule has 1 saturated heterocycles. The highest BCUT2D eigenvalue weighted by Gasteiger charge is 2.25. The molecule has 6 nitrogen and oxygen atoms in total. The highest BCUT2D eigenvalue weighted by atomic mass is 32.2. The van der Waals surface area contributed by atoms with Crippen LogP contribution >= 0.6 is 0 Å². The molecule has 1 aliphatic rings. The zero-order valence-corrected chi connectivity index (χ0v) is 17.1. The first-order valence-corrected chi connectivity index (χ1v) is 10.9. The van der Waals surface area contributed by atoms with Crippen molar-refractivity contribution in [3.63, 3.8) is 0 Å².